The molecule has 0 radical (unpaired) electrons. The van der Waals surface area contributed by atoms with Crippen molar-refractivity contribution in [2.24, 2.45) is 0 Å². The van der Waals surface area contributed by atoms with Crippen LogP contribution < -0.4 is 14.5 Å². The van der Waals surface area contributed by atoms with E-state index < -0.39 is 71.9 Å². The van der Waals surface area contributed by atoms with E-state index in [-0.39, 0.29) is 42.9 Å². The van der Waals surface area contributed by atoms with E-state index in [2.05, 4.69) is 102 Å². The van der Waals surface area contributed by atoms with Crippen LogP contribution in [-0.4, -0.2) is 9.55 Å². The molecule has 10 aromatic rings. The molecular formula is C67H59N4OPt-3. The maximum Gasteiger partial charge on any atom is 0.135 e. The number of anilines is 4. The number of rotatable bonds is 8. The zero-order valence-corrected chi connectivity index (χ0v) is 44.0. The first kappa shape index (κ1) is 36.7. The molecule has 1 aliphatic carbocycles. The van der Waals surface area contributed by atoms with Gasteiger partial charge in [0.25, 0.3) is 0 Å². The third kappa shape index (κ3) is 8.56. The minimum atomic E-state index is -3.10. The van der Waals surface area contributed by atoms with E-state index in [9.17, 15) is 5.48 Å². The summed E-state index contributed by atoms with van der Waals surface area (Å²) < 4.78 is 107. The van der Waals surface area contributed by atoms with E-state index in [0.717, 1.165) is 68.5 Å². The van der Waals surface area contributed by atoms with Gasteiger partial charge in [0.2, 0.25) is 0 Å². The second kappa shape index (κ2) is 18.4. The van der Waals surface area contributed by atoms with Crippen molar-refractivity contribution >= 4 is 44.6 Å². The Morgan fingerprint density at radius 1 is 0.630 bits per heavy atom. The van der Waals surface area contributed by atoms with Crippen molar-refractivity contribution in [2.75, 3.05) is 9.80 Å². The normalized spacial score (nSPS) is 17.1. The Kier molecular flexibility index (Phi) is 9.23. The third-order valence-electron chi connectivity index (χ3n) is 14.5. The molecule has 5 nitrogen and oxygen atoms in total. The summed E-state index contributed by atoms with van der Waals surface area (Å²) >= 11 is 0. The van der Waals surface area contributed by atoms with Crippen LogP contribution in [0.5, 0.6) is 11.5 Å². The first-order valence-corrected chi connectivity index (χ1v) is 24.4. The fourth-order valence-electron chi connectivity index (χ4n) is 10.5. The van der Waals surface area contributed by atoms with Crippen molar-refractivity contribution in [3.05, 3.63) is 223 Å². The summed E-state index contributed by atoms with van der Waals surface area (Å²) in [5.41, 5.74) is 7.60. The van der Waals surface area contributed by atoms with Crippen LogP contribution in [0.25, 0.3) is 61.0 Å². The minimum Gasteiger partial charge on any atom is -0.509 e. The number of ether oxygens (including phenoxy) is 1. The van der Waals surface area contributed by atoms with E-state index in [0.29, 0.717) is 28.4 Å². The van der Waals surface area contributed by atoms with Gasteiger partial charge in [-0.05, 0) is 116 Å². The van der Waals surface area contributed by atoms with Gasteiger partial charge in [0.05, 0.1) is 11.0 Å². The standard InChI is InChI=1S/C67H59N4O.Pt/c1-44-17-9-10-20-52(44)45-27-29-46(30-28-45)53-22-16-23-54(47-31-34-57-58(39-47)67(7,8)37-36-66(57,5)6)64(53)70-43-69(60-25-13-14-26-61(60)70)49-18-15-19-50(41-49)72-51-32-33-56-55-21-11-12-24-59(55)71(62(56)42-51)63-40-48(35-38-68-63)65(2,3)4;/h9-35,38-40,43H,36-37H2,1-8H3;/q-3;/i1D3,9D,10D,17D,20D,27D,28D,29D,30D;. The number of hydrogen-bond donors (Lipinski definition) is 0. The number of para-hydroxylation sites is 4. The van der Waals surface area contributed by atoms with Gasteiger partial charge < -0.3 is 19.1 Å². The molecule has 0 amide bonds. The van der Waals surface area contributed by atoms with Gasteiger partial charge in [-0.2, -0.15) is 12.1 Å². The van der Waals surface area contributed by atoms with E-state index in [4.69, 9.17) is 19.3 Å². The Morgan fingerprint density at radius 2 is 1.30 bits per heavy atom. The Bertz CT molecular complexity index is 4310. The van der Waals surface area contributed by atoms with Crippen LogP contribution in [0.3, 0.4) is 0 Å². The van der Waals surface area contributed by atoms with Crippen molar-refractivity contribution in [3.8, 4) is 50.7 Å². The van der Waals surface area contributed by atoms with Crippen molar-refractivity contribution in [1.82, 2.24) is 9.55 Å². The van der Waals surface area contributed by atoms with Crippen molar-refractivity contribution < 1.29 is 40.9 Å². The summed E-state index contributed by atoms with van der Waals surface area (Å²) in [6, 6.07) is 43.5. The molecule has 6 heteroatoms. The molecule has 0 unspecified atom stereocenters. The fourth-order valence-corrected chi connectivity index (χ4v) is 10.5. The molecule has 2 aromatic heterocycles. The molecule has 0 spiro atoms. The maximum atomic E-state index is 9.78. The van der Waals surface area contributed by atoms with Gasteiger partial charge in [0.15, 0.2) is 0 Å². The van der Waals surface area contributed by atoms with Gasteiger partial charge in [-0.1, -0.05) is 169 Å². The van der Waals surface area contributed by atoms with E-state index in [1.807, 2.05) is 108 Å². The maximum absolute atomic E-state index is 9.78. The summed E-state index contributed by atoms with van der Waals surface area (Å²) in [5.74, 6) is 1.66. The van der Waals surface area contributed by atoms with Crippen LogP contribution in [0.15, 0.2) is 182 Å². The van der Waals surface area contributed by atoms with E-state index in [1.165, 1.54) is 11.1 Å². The Hall–Kier alpha value is -7.20. The Labute approximate surface area is 460 Å². The molecule has 0 bridgehead atoms. The second-order valence-electron chi connectivity index (χ2n) is 21.2. The average molecular weight is 1140 g/mol. The van der Waals surface area contributed by atoms with Gasteiger partial charge in [0, 0.05) is 76.6 Å². The van der Waals surface area contributed by atoms with Crippen molar-refractivity contribution in [3.63, 3.8) is 0 Å². The Morgan fingerprint density at radius 3 is 2.07 bits per heavy atom. The number of nitrogens with zero attached hydrogens (tertiary/aromatic N) is 4. The molecule has 0 atom stereocenters. The van der Waals surface area contributed by atoms with Crippen LogP contribution in [0, 0.1) is 25.7 Å². The van der Waals surface area contributed by atoms with Crippen LogP contribution in [-0.2, 0) is 37.3 Å². The molecule has 12 rings (SSSR count). The number of fused-ring (bicyclic) bond motifs is 5. The zero-order valence-electron chi connectivity index (χ0n) is 52.7. The monoisotopic (exact) mass is 1140 g/mol. The Balaban J connectivity index is 0.00000736. The van der Waals surface area contributed by atoms with Crippen molar-refractivity contribution in [1.29, 1.82) is 0 Å². The number of aromatic nitrogens is 2. The molecule has 0 N–H and O–H groups in total. The average Bonchev–Trinajstić information content (AvgIpc) is 1.08. The van der Waals surface area contributed by atoms with Crippen LogP contribution in [0.1, 0.15) is 98.6 Å². The van der Waals surface area contributed by atoms with Gasteiger partial charge >= 0.3 is 0 Å². The number of pyridine rings is 1. The summed E-state index contributed by atoms with van der Waals surface area (Å²) in [6.07, 6.45) is 3.84. The van der Waals surface area contributed by atoms with Gasteiger partial charge in [-0.3, -0.25) is 0 Å². The van der Waals surface area contributed by atoms with Crippen LogP contribution >= 0.6 is 0 Å². The molecule has 1 aliphatic heterocycles. The second-order valence-corrected chi connectivity index (χ2v) is 21.2. The number of benzene rings is 8. The SMILES string of the molecule is [2H]c1c([2H])c([2H])c(C([2H])([2H])[2H])c(-c2c([2H])c([2H])c(-c3cccc(-c4ccc5c(c4)C(C)(C)CCC5(C)C)c3N3[CH-]N(c4[c-]c(Oc5[c-]c6c(cc5)c5ccccc5n6-c5cc(C(C)(C)C)ccn5)ccc4)c4ccccc43)c([2H])c2[2H])c1[2H].[Pt]. The number of hydrogen-bond acceptors (Lipinski definition) is 4. The van der Waals surface area contributed by atoms with Crippen LogP contribution in [0.4, 0.5) is 22.7 Å². The molecule has 2 aliphatic rings. The molecule has 0 saturated carbocycles. The molecule has 0 fully saturated rings. The summed E-state index contributed by atoms with van der Waals surface area (Å²) in [5, 5.41) is 2.06. The van der Waals surface area contributed by atoms with E-state index in [1.54, 1.807) is 6.07 Å². The quantitative estimate of drug-likeness (QED) is 0.142. The summed E-state index contributed by atoms with van der Waals surface area (Å²) in [7, 11) is 0. The molecule has 8 aromatic carbocycles. The fraction of sp³-hybridized carbons (Fsp3) is 0.194. The van der Waals surface area contributed by atoms with E-state index >= 15 is 0 Å². The van der Waals surface area contributed by atoms with Gasteiger partial charge in [-0.15, -0.1) is 48.1 Å². The van der Waals surface area contributed by atoms with Gasteiger partial charge in [-0.25, -0.2) is 4.98 Å². The molecule has 3 heterocycles. The first-order chi connectivity index (χ1) is 39.3. The topological polar surface area (TPSA) is 33.5 Å². The predicted octanol–water partition coefficient (Wildman–Crippen LogP) is 17.9. The molecule has 73 heavy (non-hydrogen) atoms. The molecule has 366 valence electrons. The van der Waals surface area contributed by atoms with Crippen LogP contribution in [0.2, 0.25) is 0 Å². The first-order valence-electron chi connectivity index (χ1n) is 29.9. The zero-order chi connectivity index (χ0) is 59.0. The summed E-state index contributed by atoms with van der Waals surface area (Å²) in [4.78, 5) is 8.81. The third-order valence-corrected chi connectivity index (χ3v) is 14.5. The largest absolute Gasteiger partial charge is 0.509 e. The minimum absolute atomic E-state index is 0. The van der Waals surface area contributed by atoms with Crippen molar-refractivity contribution in [2.45, 2.75) is 84.4 Å². The smallest absolute Gasteiger partial charge is 0.135 e. The molecule has 0 saturated heterocycles. The van der Waals surface area contributed by atoms with Gasteiger partial charge in [0.1, 0.15) is 5.82 Å². The summed E-state index contributed by atoms with van der Waals surface area (Å²) in [6.45, 7) is 14.4. The predicted molar refractivity (Wildman–Crippen MR) is 299 cm³/mol. The molecular weight excluding hydrogens is 1070 g/mol.